The van der Waals surface area contributed by atoms with E-state index in [0.29, 0.717) is 22.8 Å². The molecule has 0 spiro atoms. The number of hydrogen-bond donors (Lipinski definition) is 2. The minimum atomic E-state index is -0.988. The van der Waals surface area contributed by atoms with Crippen molar-refractivity contribution >= 4 is 23.3 Å². The highest BCUT2D eigenvalue weighted by Gasteiger charge is 2.03. The number of carboxylic acids is 1. The summed E-state index contributed by atoms with van der Waals surface area (Å²) in [5.74, 6) is -1.39. The Bertz CT molecular complexity index is 596. The summed E-state index contributed by atoms with van der Waals surface area (Å²) in [6.07, 6.45) is 0. The average Bonchev–Trinajstić information content (AvgIpc) is 2.35. The smallest absolute Gasteiger partial charge is 0.335 e. The highest BCUT2D eigenvalue weighted by Crippen LogP contribution is 2.16. The Morgan fingerprint density at radius 2 is 2.05 bits per heavy atom. The van der Waals surface area contributed by atoms with E-state index in [1.54, 1.807) is 18.2 Å². The number of anilines is 1. The SMILES string of the molecule is O=C(O)c1cccc(NCc2cc(F)cc(Cl)c2)c1. The van der Waals surface area contributed by atoms with Crippen molar-refractivity contribution in [2.45, 2.75) is 6.54 Å². The molecule has 2 N–H and O–H groups in total. The maximum Gasteiger partial charge on any atom is 0.335 e. The molecule has 5 heteroatoms. The minimum Gasteiger partial charge on any atom is -0.478 e. The molecule has 0 atom stereocenters. The molecule has 0 aliphatic carbocycles. The fraction of sp³-hybridized carbons (Fsp3) is 0.0714. The van der Waals surface area contributed by atoms with Crippen LogP contribution in [-0.2, 0) is 6.54 Å². The molecule has 0 aliphatic heterocycles. The molecule has 0 aliphatic rings. The van der Waals surface area contributed by atoms with E-state index >= 15 is 0 Å². The molecule has 19 heavy (non-hydrogen) atoms. The number of halogens is 2. The molecule has 2 aromatic carbocycles. The average molecular weight is 280 g/mol. The van der Waals surface area contributed by atoms with Crippen LogP contribution in [0.25, 0.3) is 0 Å². The Hall–Kier alpha value is -2.07. The van der Waals surface area contributed by atoms with E-state index < -0.39 is 11.8 Å². The molecule has 2 aromatic rings. The molecule has 2 rings (SSSR count). The van der Waals surface area contributed by atoms with E-state index in [4.69, 9.17) is 16.7 Å². The maximum atomic E-state index is 13.1. The zero-order chi connectivity index (χ0) is 13.8. The van der Waals surface area contributed by atoms with Crippen molar-refractivity contribution < 1.29 is 14.3 Å². The standard InChI is InChI=1S/C14H11ClFNO2/c15-11-4-9(5-12(16)7-11)8-17-13-3-1-2-10(6-13)14(18)19/h1-7,17H,8H2,(H,18,19). The third-order valence-corrected chi connectivity index (χ3v) is 2.75. The van der Waals surface area contributed by atoms with Gasteiger partial charge in [0.25, 0.3) is 0 Å². The monoisotopic (exact) mass is 279 g/mol. The molecule has 0 heterocycles. The second-order valence-electron chi connectivity index (χ2n) is 4.02. The summed E-state index contributed by atoms with van der Waals surface area (Å²) >= 11 is 5.75. The largest absolute Gasteiger partial charge is 0.478 e. The van der Waals surface area contributed by atoms with Gasteiger partial charge in [0.1, 0.15) is 5.82 Å². The van der Waals surface area contributed by atoms with Crippen LogP contribution in [0.4, 0.5) is 10.1 Å². The summed E-state index contributed by atoms with van der Waals surface area (Å²) in [6.45, 7) is 0.362. The molecule has 0 bridgehead atoms. The van der Waals surface area contributed by atoms with Gasteiger partial charge in [-0.2, -0.15) is 0 Å². The molecule has 3 nitrogen and oxygen atoms in total. The summed E-state index contributed by atoms with van der Waals surface area (Å²) in [5, 5.41) is 12.2. The van der Waals surface area contributed by atoms with Gasteiger partial charge in [0.05, 0.1) is 5.56 Å². The highest BCUT2D eigenvalue weighted by atomic mass is 35.5. The van der Waals surface area contributed by atoms with Crippen LogP contribution in [0.3, 0.4) is 0 Å². The lowest BCUT2D eigenvalue weighted by Crippen LogP contribution is -2.02. The number of hydrogen-bond acceptors (Lipinski definition) is 2. The first-order valence-electron chi connectivity index (χ1n) is 5.57. The van der Waals surface area contributed by atoms with Crippen molar-refractivity contribution in [2.75, 3.05) is 5.32 Å². The summed E-state index contributed by atoms with van der Waals surface area (Å²) in [5.41, 5.74) is 1.54. The van der Waals surface area contributed by atoms with Gasteiger partial charge in [-0.25, -0.2) is 9.18 Å². The van der Waals surface area contributed by atoms with Crippen LogP contribution in [0.1, 0.15) is 15.9 Å². The van der Waals surface area contributed by atoms with E-state index in [2.05, 4.69) is 5.32 Å². The third kappa shape index (κ3) is 3.69. The number of aromatic carboxylic acids is 1. The van der Waals surface area contributed by atoms with E-state index in [1.807, 2.05) is 0 Å². The van der Waals surface area contributed by atoms with E-state index in [1.165, 1.54) is 24.3 Å². The van der Waals surface area contributed by atoms with Gasteiger partial charge in [-0.1, -0.05) is 17.7 Å². The van der Waals surface area contributed by atoms with Crippen molar-refractivity contribution in [3.05, 3.63) is 64.4 Å². The zero-order valence-corrected chi connectivity index (χ0v) is 10.6. The highest BCUT2D eigenvalue weighted by molar-refractivity contribution is 6.30. The third-order valence-electron chi connectivity index (χ3n) is 2.53. The molecule has 0 aromatic heterocycles. The topological polar surface area (TPSA) is 49.3 Å². The summed E-state index contributed by atoms with van der Waals surface area (Å²) in [6, 6.07) is 10.7. The summed E-state index contributed by atoms with van der Waals surface area (Å²) in [7, 11) is 0. The molecule has 0 saturated heterocycles. The molecular weight excluding hydrogens is 269 g/mol. The van der Waals surface area contributed by atoms with Crippen molar-refractivity contribution in [3.8, 4) is 0 Å². The van der Waals surface area contributed by atoms with Crippen LogP contribution in [0.2, 0.25) is 5.02 Å². The molecular formula is C14H11ClFNO2. The number of rotatable bonds is 4. The molecule has 0 unspecified atom stereocenters. The Morgan fingerprint density at radius 3 is 2.74 bits per heavy atom. The number of carboxylic acid groups (broad SMARTS) is 1. The van der Waals surface area contributed by atoms with E-state index in [-0.39, 0.29) is 5.56 Å². The van der Waals surface area contributed by atoms with Gasteiger partial charge in [-0.15, -0.1) is 0 Å². The predicted molar refractivity (Wildman–Crippen MR) is 72.1 cm³/mol. The van der Waals surface area contributed by atoms with Gasteiger partial charge in [0.2, 0.25) is 0 Å². The van der Waals surface area contributed by atoms with Gasteiger partial charge >= 0.3 is 5.97 Å². The van der Waals surface area contributed by atoms with Gasteiger partial charge < -0.3 is 10.4 Å². The van der Waals surface area contributed by atoms with E-state index in [9.17, 15) is 9.18 Å². The molecule has 0 fully saturated rings. The van der Waals surface area contributed by atoms with E-state index in [0.717, 1.165) is 0 Å². The van der Waals surface area contributed by atoms with Crippen LogP contribution in [0, 0.1) is 5.82 Å². The van der Waals surface area contributed by atoms with Crippen molar-refractivity contribution in [2.24, 2.45) is 0 Å². The Morgan fingerprint density at radius 1 is 1.26 bits per heavy atom. The fourth-order valence-corrected chi connectivity index (χ4v) is 1.92. The number of nitrogens with one attached hydrogen (secondary N) is 1. The summed E-state index contributed by atoms with van der Waals surface area (Å²) < 4.78 is 13.1. The first kappa shape index (κ1) is 13.4. The molecule has 0 amide bonds. The van der Waals surface area contributed by atoms with Crippen LogP contribution >= 0.6 is 11.6 Å². The normalized spacial score (nSPS) is 10.2. The van der Waals surface area contributed by atoms with Crippen molar-refractivity contribution in [1.29, 1.82) is 0 Å². The first-order valence-corrected chi connectivity index (χ1v) is 5.94. The summed E-state index contributed by atoms with van der Waals surface area (Å²) in [4.78, 5) is 10.8. The molecule has 98 valence electrons. The van der Waals surface area contributed by atoms with Crippen molar-refractivity contribution in [1.82, 2.24) is 0 Å². The van der Waals surface area contributed by atoms with Gasteiger partial charge in [0, 0.05) is 17.3 Å². The van der Waals surface area contributed by atoms with Crippen molar-refractivity contribution in [3.63, 3.8) is 0 Å². The van der Waals surface area contributed by atoms with Crippen LogP contribution in [-0.4, -0.2) is 11.1 Å². The van der Waals surface area contributed by atoms with Gasteiger partial charge in [-0.05, 0) is 42.0 Å². The van der Waals surface area contributed by atoms with Crippen LogP contribution < -0.4 is 5.32 Å². The number of benzene rings is 2. The Kier molecular flexibility index (Phi) is 4.02. The maximum absolute atomic E-state index is 13.1. The van der Waals surface area contributed by atoms with Crippen LogP contribution in [0.15, 0.2) is 42.5 Å². The lowest BCUT2D eigenvalue weighted by Gasteiger charge is -2.08. The van der Waals surface area contributed by atoms with Gasteiger partial charge in [0.15, 0.2) is 0 Å². The second-order valence-corrected chi connectivity index (χ2v) is 4.45. The Balaban J connectivity index is 2.10. The first-order chi connectivity index (χ1) is 9.04. The minimum absolute atomic E-state index is 0.197. The molecule has 0 saturated carbocycles. The quantitative estimate of drug-likeness (QED) is 0.895. The number of carbonyl (C=O) groups is 1. The second kappa shape index (κ2) is 5.71. The fourth-order valence-electron chi connectivity index (χ4n) is 1.68. The Labute approximate surface area is 114 Å². The lowest BCUT2D eigenvalue weighted by molar-refractivity contribution is 0.0697. The zero-order valence-electron chi connectivity index (χ0n) is 9.86. The lowest BCUT2D eigenvalue weighted by atomic mass is 10.2. The van der Waals surface area contributed by atoms with Gasteiger partial charge in [-0.3, -0.25) is 0 Å². The van der Waals surface area contributed by atoms with Crippen LogP contribution in [0.5, 0.6) is 0 Å². The molecule has 0 radical (unpaired) electrons. The predicted octanol–water partition coefficient (Wildman–Crippen LogP) is 3.79.